The Morgan fingerprint density at radius 1 is 1.05 bits per heavy atom. The van der Waals surface area contributed by atoms with Gasteiger partial charge in [-0.25, -0.2) is 0 Å². The number of hydrogen-bond acceptors (Lipinski definition) is 4. The highest BCUT2D eigenvalue weighted by Crippen LogP contribution is 2.21. The Balaban J connectivity index is 4.28. The number of nitrogens with one attached hydrogen (secondary N) is 1. The highest BCUT2D eigenvalue weighted by atomic mass is 16.5. The molecule has 0 saturated carbocycles. The second-order valence-electron chi connectivity index (χ2n) is 5.60. The van der Waals surface area contributed by atoms with Gasteiger partial charge in [0.25, 0.3) is 0 Å². The van der Waals surface area contributed by atoms with Crippen molar-refractivity contribution >= 4 is 0 Å². The van der Waals surface area contributed by atoms with Crippen LogP contribution in [0.3, 0.4) is 0 Å². The van der Waals surface area contributed by atoms with Crippen molar-refractivity contribution in [3.8, 4) is 0 Å². The minimum absolute atomic E-state index is 0.316. The van der Waals surface area contributed by atoms with Gasteiger partial charge in [-0.15, -0.1) is 0 Å². The maximum Gasteiger partial charge on any atom is 0.0589 e. The number of ether oxygens (including phenoxy) is 2. The molecular formula is C15H34N2O2. The summed E-state index contributed by atoms with van der Waals surface area (Å²) in [6.45, 7) is 13.6. The second kappa shape index (κ2) is 11.6. The number of rotatable bonds is 13. The van der Waals surface area contributed by atoms with Gasteiger partial charge in [0.2, 0.25) is 0 Å². The van der Waals surface area contributed by atoms with Crippen LogP contribution < -0.4 is 5.32 Å². The Labute approximate surface area is 119 Å². The minimum atomic E-state index is 0.316. The fourth-order valence-corrected chi connectivity index (χ4v) is 2.11. The fraction of sp³-hybridized carbons (Fsp3) is 1.00. The van der Waals surface area contributed by atoms with Crippen molar-refractivity contribution in [2.24, 2.45) is 5.41 Å². The smallest absolute Gasteiger partial charge is 0.0589 e. The van der Waals surface area contributed by atoms with E-state index < -0.39 is 0 Å². The summed E-state index contributed by atoms with van der Waals surface area (Å²) in [6, 6.07) is 0. The van der Waals surface area contributed by atoms with Crippen LogP contribution in [0.15, 0.2) is 0 Å². The van der Waals surface area contributed by atoms with Crippen LogP contribution >= 0.6 is 0 Å². The first-order valence-electron chi connectivity index (χ1n) is 7.52. The Bertz CT molecular complexity index is 195. The highest BCUT2D eigenvalue weighted by molar-refractivity contribution is 4.79. The van der Waals surface area contributed by atoms with Crippen LogP contribution in [0.4, 0.5) is 0 Å². The Morgan fingerprint density at radius 3 is 2.05 bits per heavy atom. The van der Waals surface area contributed by atoms with Crippen molar-refractivity contribution in [3.05, 3.63) is 0 Å². The van der Waals surface area contributed by atoms with E-state index in [0.717, 1.165) is 45.9 Å². The van der Waals surface area contributed by atoms with Gasteiger partial charge in [-0.2, -0.15) is 0 Å². The maximum atomic E-state index is 5.20. The lowest BCUT2D eigenvalue weighted by molar-refractivity contribution is 0.0820. The van der Waals surface area contributed by atoms with Crippen molar-refractivity contribution < 1.29 is 9.47 Å². The van der Waals surface area contributed by atoms with E-state index in [0.29, 0.717) is 5.41 Å². The first kappa shape index (κ1) is 18.8. The van der Waals surface area contributed by atoms with Crippen molar-refractivity contribution in [1.82, 2.24) is 10.2 Å². The van der Waals surface area contributed by atoms with Gasteiger partial charge in [-0.05, 0) is 24.8 Å². The third-order valence-corrected chi connectivity index (χ3v) is 3.66. The van der Waals surface area contributed by atoms with Crippen LogP contribution in [0, 0.1) is 5.41 Å². The summed E-state index contributed by atoms with van der Waals surface area (Å²) < 4.78 is 10.4. The van der Waals surface area contributed by atoms with Crippen molar-refractivity contribution in [2.75, 3.05) is 60.2 Å². The first-order valence-corrected chi connectivity index (χ1v) is 7.52. The minimum Gasteiger partial charge on any atom is -0.383 e. The van der Waals surface area contributed by atoms with E-state index in [4.69, 9.17) is 9.47 Å². The van der Waals surface area contributed by atoms with Gasteiger partial charge in [-0.1, -0.05) is 20.8 Å². The van der Waals surface area contributed by atoms with Crippen molar-refractivity contribution in [3.63, 3.8) is 0 Å². The van der Waals surface area contributed by atoms with Gasteiger partial charge in [0.05, 0.1) is 13.2 Å². The van der Waals surface area contributed by atoms with E-state index in [9.17, 15) is 0 Å². The third kappa shape index (κ3) is 9.38. The van der Waals surface area contributed by atoms with Gasteiger partial charge in [0.1, 0.15) is 0 Å². The quantitative estimate of drug-likeness (QED) is 0.521. The molecule has 0 fully saturated rings. The van der Waals surface area contributed by atoms with Crippen LogP contribution in [0.25, 0.3) is 0 Å². The normalized spacial score (nSPS) is 14.8. The van der Waals surface area contributed by atoms with E-state index in [1.165, 1.54) is 12.8 Å². The third-order valence-electron chi connectivity index (χ3n) is 3.66. The lowest BCUT2D eigenvalue weighted by Crippen LogP contribution is -2.44. The maximum absolute atomic E-state index is 5.20. The molecule has 0 saturated heterocycles. The Morgan fingerprint density at radius 2 is 1.63 bits per heavy atom. The van der Waals surface area contributed by atoms with Crippen LogP contribution in [0.5, 0.6) is 0 Å². The van der Waals surface area contributed by atoms with E-state index in [2.05, 4.69) is 31.0 Å². The van der Waals surface area contributed by atoms with E-state index in [1.54, 1.807) is 14.2 Å². The average Bonchev–Trinajstić information content (AvgIpc) is 2.42. The molecule has 1 atom stereocenters. The molecule has 0 radical (unpaired) electrons. The molecule has 0 bridgehead atoms. The van der Waals surface area contributed by atoms with Crippen LogP contribution in [0.1, 0.15) is 33.6 Å². The second-order valence-corrected chi connectivity index (χ2v) is 5.60. The number of nitrogens with zero attached hydrogens (tertiary/aromatic N) is 1. The average molecular weight is 274 g/mol. The molecule has 1 unspecified atom stereocenters. The SMILES string of the molecule is CCCNCC(C)(CC)CN(CCOC)CCOC. The van der Waals surface area contributed by atoms with Crippen molar-refractivity contribution in [1.29, 1.82) is 0 Å². The monoisotopic (exact) mass is 274 g/mol. The Kier molecular flexibility index (Phi) is 11.6. The zero-order valence-corrected chi connectivity index (χ0v) is 13.6. The molecule has 4 heteroatoms. The molecule has 1 N–H and O–H groups in total. The zero-order valence-electron chi connectivity index (χ0n) is 13.6. The largest absolute Gasteiger partial charge is 0.383 e. The molecule has 0 aliphatic carbocycles. The van der Waals surface area contributed by atoms with Crippen LogP contribution in [-0.2, 0) is 9.47 Å². The van der Waals surface area contributed by atoms with E-state index in [1.807, 2.05) is 0 Å². The molecule has 0 aromatic rings. The standard InChI is InChI=1S/C15H34N2O2/c1-6-8-16-13-15(3,7-2)14-17(9-11-18-4)10-12-19-5/h16H,6-14H2,1-5H3. The summed E-state index contributed by atoms with van der Waals surface area (Å²) in [5.41, 5.74) is 0.316. The van der Waals surface area contributed by atoms with Gasteiger partial charge < -0.3 is 14.8 Å². The predicted octanol–water partition coefficient (Wildman–Crippen LogP) is 2.00. The highest BCUT2D eigenvalue weighted by Gasteiger charge is 2.24. The van der Waals surface area contributed by atoms with Crippen molar-refractivity contribution in [2.45, 2.75) is 33.6 Å². The summed E-state index contributed by atoms with van der Waals surface area (Å²) in [6.07, 6.45) is 2.37. The first-order chi connectivity index (χ1) is 9.11. The lowest BCUT2D eigenvalue weighted by Gasteiger charge is -2.35. The summed E-state index contributed by atoms with van der Waals surface area (Å²) in [5, 5.41) is 3.55. The van der Waals surface area contributed by atoms with E-state index in [-0.39, 0.29) is 0 Å². The lowest BCUT2D eigenvalue weighted by atomic mass is 9.86. The van der Waals surface area contributed by atoms with E-state index >= 15 is 0 Å². The molecule has 0 amide bonds. The summed E-state index contributed by atoms with van der Waals surface area (Å²) in [4.78, 5) is 2.45. The molecule has 0 heterocycles. The molecule has 19 heavy (non-hydrogen) atoms. The molecule has 116 valence electrons. The summed E-state index contributed by atoms with van der Waals surface area (Å²) in [7, 11) is 3.52. The molecular weight excluding hydrogens is 240 g/mol. The molecule has 0 rings (SSSR count). The molecule has 0 aliphatic rings. The number of hydrogen-bond donors (Lipinski definition) is 1. The van der Waals surface area contributed by atoms with Gasteiger partial charge in [-0.3, -0.25) is 4.90 Å². The zero-order chi connectivity index (χ0) is 14.6. The molecule has 0 spiro atoms. The molecule has 0 aromatic carbocycles. The van der Waals surface area contributed by atoms with Crippen LogP contribution in [0.2, 0.25) is 0 Å². The topological polar surface area (TPSA) is 33.7 Å². The number of methoxy groups -OCH3 is 2. The van der Waals surface area contributed by atoms with Gasteiger partial charge >= 0.3 is 0 Å². The summed E-state index contributed by atoms with van der Waals surface area (Å²) >= 11 is 0. The van der Waals surface area contributed by atoms with Gasteiger partial charge in [0.15, 0.2) is 0 Å². The molecule has 0 aliphatic heterocycles. The van der Waals surface area contributed by atoms with Gasteiger partial charge in [0, 0.05) is 40.4 Å². The van der Waals surface area contributed by atoms with Crippen LogP contribution in [-0.4, -0.2) is 65.1 Å². The Hall–Kier alpha value is -0.160. The fourth-order valence-electron chi connectivity index (χ4n) is 2.11. The predicted molar refractivity (Wildman–Crippen MR) is 81.8 cm³/mol. The molecule has 0 aromatic heterocycles. The molecule has 4 nitrogen and oxygen atoms in total. The summed E-state index contributed by atoms with van der Waals surface area (Å²) in [5.74, 6) is 0.